The molecular formula is C32H48N4O5. The first-order valence-electron chi connectivity index (χ1n) is 15.4. The topological polar surface area (TPSA) is 125 Å². The van der Waals surface area contributed by atoms with Crippen molar-refractivity contribution in [1.29, 1.82) is 0 Å². The second-order valence-electron chi connectivity index (χ2n) is 12.0. The van der Waals surface area contributed by atoms with Crippen molar-refractivity contribution < 1.29 is 24.0 Å². The Kier molecular flexibility index (Phi) is 11.9. The summed E-state index contributed by atoms with van der Waals surface area (Å²) >= 11 is 0. The fraction of sp³-hybridized carbons (Fsp3) is 0.656. The van der Waals surface area contributed by atoms with Crippen LogP contribution in [0.25, 0.3) is 0 Å². The molecule has 0 saturated carbocycles. The molecule has 5 atom stereocenters. The van der Waals surface area contributed by atoms with Gasteiger partial charge in [0.25, 0.3) is 0 Å². The van der Waals surface area contributed by atoms with Crippen LogP contribution in [0.2, 0.25) is 0 Å². The zero-order valence-corrected chi connectivity index (χ0v) is 25.2. The van der Waals surface area contributed by atoms with Crippen LogP contribution in [0.5, 0.6) is 0 Å². The molecule has 0 unspecified atom stereocenters. The minimum absolute atomic E-state index is 0.103. The van der Waals surface area contributed by atoms with Gasteiger partial charge in [0.15, 0.2) is 0 Å². The van der Waals surface area contributed by atoms with Gasteiger partial charge in [0, 0.05) is 25.8 Å². The van der Waals surface area contributed by atoms with Crippen LogP contribution < -0.4 is 16.0 Å². The van der Waals surface area contributed by atoms with Crippen LogP contribution in [-0.4, -0.2) is 64.5 Å². The predicted octanol–water partition coefficient (Wildman–Crippen LogP) is 3.44. The number of hydrogen-bond donors (Lipinski definition) is 3. The lowest BCUT2D eigenvalue weighted by atomic mass is 9.94. The third-order valence-corrected chi connectivity index (χ3v) is 8.48. The van der Waals surface area contributed by atoms with Gasteiger partial charge in [0.1, 0.15) is 29.4 Å². The van der Waals surface area contributed by atoms with Gasteiger partial charge in [-0.05, 0) is 50.5 Å². The highest BCUT2D eigenvalue weighted by Gasteiger charge is 2.44. The monoisotopic (exact) mass is 568 g/mol. The molecule has 41 heavy (non-hydrogen) atoms. The molecule has 9 nitrogen and oxygen atoms in total. The largest absolute Gasteiger partial charge is 0.343 e. The van der Waals surface area contributed by atoms with Crippen LogP contribution in [0.15, 0.2) is 30.3 Å². The van der Waals surface area contributed by atoms with Gasteiger partial charge in [0.05, 0.1) is 0 Å². The van der Waals surface area contributed by atoms with Crippen molar-refractivity contribution in [3.8, 4) is 0 Å². The van der Waals surface area contributed by atoms with Crippen LogP contribution in [0.1, 0.15) is 97.5 Å². The Bertz CT molecular complexity index is 1080. The zero-order chi connectivity index (χ0) is 30.0. The van der Waals surface area contributed by atoms with E-state index in [4.69, 9.17) is 0 Å². The summed E-state index contributed by atoms with van der Waals surface area (Å²) in [6, 6.07) is 7.03. The highest BCUT2D eigenvalue weighted by Crippen LogP contribution is 2.26. The van der Waals surface area contributed by atoms with Crippen LogP contribution in [0.4, 0.5) is 0 Å². The molecule has 0 radical (unpaired) electrons. The number of hydrogen-bond acceptors (Lipinski definition) is 5. The molecule has 2 fully saturated rings. The average molecular weight is 569 g/mol. The molecule has 0 bridgehead atoms. The fourth-order valence-electron chi connectivity index (χ4n) is 5.65. The maximum Gasteiger partial charge on any atom is 0.246 e. The number of benzene rings is 1. The molecule has 226 valence electrons. The van der Waals surface area contributed by atoms with Gasteiger partial charge < -0.3 is 20.9 Å². The number of rotatable bonds is 12. The van der Waals surface area contributed by atoms with Crippen molar-refractivity contribution in [2.75, 3.05) is 6.54 Å². The second kappa shape index (κ2) is 15.1. The first-order chi connectivity index (χ1) is 19.6. The van der Waals surface area contributed by atoms with Gasteiger partial charge >= 0.3 is 0 Å². The number of unbranched alkanes of at least 4 members (excludes halogenated alkanes) is 3. The molecule has 3 rings (SSSR count). The van der Waals surface area contributed by atoms with Crippen LogP contribution in [0, 0.1) is 5.92 Å². The normalized spacial score (nSPS) is 27.3. The van der Waals surface area contributed by atoms with E-state index in [0.29, 0.717) is 45.1 Å². The minimum Gasteiger partial charge on any atom is -0.343 e. The highest BCUT2D eigenvalue weighted by molar-refractivity contribution is 5.99. The summed E-state index contributed by atoms with van der Waals surface area (Å²) < 4.78 is 0. The van der Waals surface area contributed by atoms with Gasteiger partial charge in [-0.2, -0.15) is 0 Å². The van der Waals surface area contributed by atoms with Gasteiger partial charge in [-0.1, -0.05) is 70.4 Å². The summed E-state index contributed by atoms with van der Waals surface area (Å²) in [6.07, 6.45) is 6.64. The molecule has 4 amide bonds. The summed E-state index contributed by atoms with van der Waals surface area (Å²) in [5.74, 6) is -1.11. The van der Waals surface area contributed by atoms with E-state index in [9.17, 15) is 24.0 Å². The Hall–Kier alpha value is -3.23. The summed E-state index contributed by atoms with van der Waals surface area (Å²) in [4.78, 5) is 68.2. The lowest BCUT2D eigenvalue weighted by Gasteiger charge is -2.36. The summed E-state index contributed by atoms with van der Waals surface area (Å²) in [5.41, 5.74) is -0.376. The maximum absolute atomic E-state index is 13.9. The summed E-state index contributed by atoms with van der Waals surface area (Å²) in [7, 11) is 0. The van der Waals surface area contributed by atoms with E-state index in [0.717, 1.165) is 31.2 Å². The van der Waals surface area contributed by atoms with Crippen molar-refractivity contribution in [1.82, 2.24) is 20.9 Å². The zero-order valence-electron chi connectivity index (χ0n) is 25.2. The SMILES string of the molecule is CCCCC(=O)CCCCC[C@@H]1NC(=O)[C@H]2C[C@H](C)CN2C(=O)[C@H](Cc2ccccc2)NC(=O)[C@](C)(CC)NC1=O. The Morgan fingerprint density at radius 2 is 1.63 bits per heavy atom. The van der Waals surface area contributed by atoms with Gasteiger partial charge in [-0.25, -0.2) is 0 Å². The van der Waals surface area contributed by atoms with Gasteiger partial charge in [-0.3, -0.25) is 24.0 Å². The van der Waals surface area contributed by atoms with E-state index < -0.39 is 35.5 Å². The Morgan fingerprint density at radius 1 is 0.927 bits per heavy atom. The van der Waals surface area contributed by atoms with Crippen molar-refractivity contribution in [3.63, 3.8) is 0 Å². The molecule has 2 heterocycles. The second-order valence-corrected chi connectivity index (χ2v) is 12.0. The highest BCUT2D eigenvalue weighted by atomic mass is 16.2. The van der Waals surface area contributed by atoms with Crippen molar-refractivity contribution >= 4 is 29.4 Å². The number of amides is 4. The molecule has 0 aliphatic carbocycles. The van der Waals surface area contributed by atoms with Crippen LogP contribution in [0.3, 0.4) is 0 Å². The Balaban J connectivity index is 1.80. The molecule has 1 aromatic rings. The van der Waals surface area contributed by atoms with Gasteiger partial charge in [0.2, 0.25) is 23.6 Å². The van der Waals surface area contributed by atoms with E-state index in [1.54, 1.807) is 18.7 Å². The van der Waals surface area contributed by atoms with Gasteiger partial charge in [-0.15, -0.1) is 0 Å². The first-order valence-corrected chi connectivity index (χ1v) is 15.4. The van der Waals surface area contributed by atoms with Crippen LogP contribution >= 0.6 is 0 Å². The van der Waals surface area contributed by atoms with E-state index >= 15 is 0 Å². The molecule has 3 N–H and O–H groups in total. The third-order valence-electron chi connectivity index (χ3n) is 8.48. The number of nitrogens with one attached hydrogen (secondary N) is 3. The molecule has 2 aliphatic rings. The number of ketones is 1. The Morgan fingerprint density at radius 3 is 2.32 bits per heavy atom. The van der Waals surface area contributed by atoms with Crippen molar-refractivity contribution in [2.45, 2.75) is 122 Å². The molecule has 0 spiro atoms. The quantitative estimate of drug-likeness (QED) is 0.333. The minimum atomic E-state index is -1.27. The predicted molar refractivity (Wildman–Crippen MR) is 158 cm³/mol. The summed E-state index contributed by atoms with van der Waals surface area (Å²) in [5, 5.41) is 8.74. The van der Waals surface area contributed by atoms with E-state index in [1.807, 2.05) is 37.3 Å². The first kappa shape index (κ1) is 32.3. The molecule has 0 aromatic heterocycles. The Labute approximate surface area is 244 Å². The molecular weight excluding hydrogens is 520 g/mol. The van der Waals surface area contributed by atoms with E-state index in [-0.39, 0.29) is 29.9 Å². The fourth-order valence-corrected chi connectivity index (χ4v) is 5.65. The number of carbonyl (C=O) groups excluding carboxylic acids is 5. The number of nitrogens with zero attached hydrogens (tertiary/aromatic N) is 1. The number of fused-ring (bicyclic) bond motifs is 1. The molecule has 2 aliphatic heterocycles. The van der Waals surface area contributed by atoms with Crippen molar-refractivity contribution in [3.05, 3.63) is 35.9 Å². The maximum atomic E-state index is 13.9. The number of Topliss-reactive ketones (excluding diaryl/α,β-unsaturated/α-hetero) is 1. The molecule has 2 saturated heterocycles. The number of carbonyl (C=O) groups is 5. The smallest absolute Gasteiger partial charge is 0.246 e. The summed E-state index contributed by atoms with van der Waals surface area (Å²) in [6.45, 7) is 7.92. The molecule has 9 heteroatoms. The standard InChI is InChI=1S/C32H48N4O5/c1-5-7-16-24(37)17-12-9-13-18-25-28(38)35-32(4,6-2)31(41)34-26(20-23-14-10-8-11-15-23)30(40)36-21-22(3)19-27(36)29(39)33-25/h8,10-11,14-15,22,25-27H,5-7,9,12-13,16-21H2,1-4H3,(H,33,39)(H,34,41)(H,35,38)/t22-,25-,26-,27+,32-/m0/s1. The average Bonchev–Trinajstić information content (AvgIpc) is 3.35. The third kappa shape index (κ3) is 8.88. The lowest BCUT2D eigenvalue weighted by molar-refractivity contribution is -0.144. The lowest BCUT2D eigenvalue weighted by Crippen LogP contribution is -2.65. The molecule has 1 aromatic carbocycles. The van der Waals surface area contributed by atoms with Crippen LogP contribution in [-0.2, 0) is 30.4 Å². The van der Waals surface area contributed by atoms with E-state index in [1.165, 1.54) is 0 Å². The van der Waals surface area contributed by atoms with Crippen molar-refractivity contribution in [2.24, 2.45) is 5.92 Å². The van der Waals surface area contributed by atoms with E-state index in [2.05, 4.69) is 22.9 Å².